The van der Waals surface area contributed by atoms with Gasteiger partial charge in [0, 0.05) is 0 Å². The van der Waals surface area contributed by atoms with Crippen LogP contribution < -0.4 is 0 Å². The molecule has 0 heterocycles. The van der Waals surface area contributed by atoms with E-state index >= 15 is 0 Å². The number of aryl methyl sites for hydroxylation is 4. The summed E-state index contributed by atoms with van der Waals surface area (Å²) in [5, 5.41) is 0. The Balaban J connectivity index is 0.000000294. The van der Waals surface area contributed by atoms with Gasteiger partial charge < -0.3 is 0 Å². The lowest BCUT2D eigenvalue weighted by Crippen LogP contribution is -2.21. The molecule has 260 valence electrons. The van der Waals surface area contributed by atoms with Gasteiger partial charge in [-0.2, -0.15) is 0 Å². The highest BCUT2D eigenvalue weighted by Crippen LogP contribution is 2.41. The van der Waals surface area contributed by atoms with Gasteiger partial charge in [0.05, 0.1) is 0 Å². The third-order valence-corrected chi connectivity index (χ3v) is 10.6. The van der Waals surface area contributed by atoms with Gasteiger partial charge in [-0.3, -0.25) is 0 Å². The maximum atomic E-state index is 2.45. The van der Waals surface area contributed by atoms with Gasteiger partial charge in [0.1, 0.15) is 0 Å². The second kappa shape index (κ2) is 13.7. The Morgan fingerprint density at radius 1 is 0.250 bits per heavy atom. The molecule has 0 saturated carbocycles. The molecular formula is C48H68. The van der Waals surface area contributed by atoms with Gasteiger partial charge in [0.2, 0.25) is 0 Å². The van der Waals surface area contributed by atoms with E-state index in [1.54, 1.807) is 0 Å². The minimum atomic E-state index is 0.116. The number of benzene rings is 4. The van der Waals surface area contributed by atoms with Gasteiger partial charge in [-0.05, 0) is 166 Å². The molecule has 48 heavy (non-hydrogen) atoms. The summed E-state index contributed by atoms with van der Waals surface area (Å²) in [5.41, 5.74) is 22.9. The summed E-state index contributed by atoms with van der Waals surface area (Å²) in [7, 11) is 0. The van der Waals surface area contributed by atoms with Gasteiger partial charge in [-0.25, -0.2) is 0 Å². The molecule has 0 aromatic heterocycles. The molecule has 4 aromatic carbocycles. The molecule has 0 heteroatoms. The van der Waals surface area contributed by atoms with Gasteiger partial charge in [-0.15, -0.1) is 0 Å². The van der Waals surface area contributed by atoms with Crippen LogP contribution in [0.2, 0.25) is 0 Å². The van der Waals surface area contributed by atoms with Crippen LogP contribution in [0, 0.1) is 55.4 Å². The normalized spacial score (nSPS) is 12.6. The lowest BCUT2D eigenvalue weighted by atomic mass is 9.73. The van der Waals surface area contributed by atoms with Crippen molar-refractivity contribution in [3.8, 4) is 22.3 Å². The van der Waals surface area contributed by atoms with Crippen LogP contribution in [0.25, 0.3) is 22.3 Å². The van der Waals surface area contributed by atoms with Crippen LogP contribution in [0.4, 0.5) is 0 Å². The third-order valence-electron chi connectivity index (χ3n) is 10.6. The molecule has 0 aliphatic rings. The molecule has 4 rings (SSSR count). The summed E-state index contributed by atoms with van der Waals surface area (Å²) in [4.78, 5) is 0. The van der Waals surface area contributed by atoms with Crippen molar-refractivity contribution in [2.45, 2.75) is 160 Å². The Hall–Kier alpha value is -3.12. The van der Waals surface area contributed by atoms with Gasteiger partial charge in [0.25, 0.3) is 0 Å². The molecular weight excluding hydrogens is 577 g/mol. The topological polar surface area (TPSA) is 0 Å². The fourth-order valence-electron chi connectivity index (χ4n) is 7.28. The zero-order chi connectivity index (χ0) is 36.9. The number of hydrogen-bond donors (Lipinski definition) is 0. The molecule has 0 aliphatic carbocycles. The Kier molecular flexibility index (Phi) is 11.2. The lowest BCUT2D eigenvalue weighted by molar-refractivity contribution is 0.559. The van der Waals surface area contributed by atoms with Crippen molar-refractivity contribution in [3.63, 3.8) is 0 Å². The molecule has 0 nitrogen and oxygen atoms in total. The van der Waals surface area contributed by atoms with Gasteiger partial charge in [-0.1, -0.05) is 132 Å². The molecule has 0 fully saturated rings. The third kappa shape index (κ3) is 8.72. The maximum absolute atomic E-state index is 2.45. The Bertz CT molecular complexity index is 1540. The highest BCUT2D eigenvalue weighted by molar-refractivity contribution is 5.71. The second-order valence-corrected chi connectivity index (χ2v) is 18.9. The summed E-state index contributed by atoms with van der Waals surface area (Å²) in [6, 6.07) is 19.0. The first-order valence-corrected chi connectivity index (χ1v) is 18.1. The van der Waals surface area contributed by atoms with Crippen molar-refractivity contribution in [2.75, 3.05) is 0 Å². The smallest absolute Gasteiger partial charge is 0.0129 e. The minimum absolute atomic E-state index is 0.116. The Morgan fingerprint density at radius 3 is 0.583 bits per heavy atom. The molecule has 0 atom stereocenters. The standard InChI is InChI=1S/C30H46.C18H22/c1-19-23(27(3,4)5)15-21(16-24(19)28(6,7)8)22-17-25(29(9,10)11)20(2)26(18-22)30(12,13)14;1-11-7-17(8-12(2)15(11)5)18-9-13(3)16(6)14(4)10-18/h15-18H,1-14H3;7-10H,1-6H3. The quantitative estimate of drug-likeness (QED) is 0.204. The predicted molar refractivity (Wildman–Crippen MR) is 216 cm³/mol. The highest BCUT2D eigenvalue weighted by atomic mass is 14.3. The van der Waals surface area contributed by atoms with E-state index in [1.165, 1.54) is 89.0 Å². The van der Waals surface area contributed by atoms with E-state index in [9.17, 15) is 0 Å². The largest absolute Gasteiger partial charge is 0.0561 e. The summed E-state index contributed by atoms with van der Waals surface area (Å²) in [6.07, 6.45) is 0. The van der Waals surface area contributed by atoms with E-state index in [2.05, 4.69) is 187 Å². The zero-order valence-electron chi connectivity index (χ0n) is 34.6. The van der Waals surface area contributed by atoms with Crippen LogP contribution in [0.1, 0.15) is 150 Å². The lowest BCUT2D eigenvalue weighted by Gasteiger charge is -2.32. The van der Waals surface area contributed by atoms with E-state index in [1.807, 2.05) is 0 Å². The second-order valence-electron chi connectivity index (χ2n) is 18.9. The molecule has 0 unspecified atom stereocenters. The van der Waals surface area contributed by atoms with E-state index in [-0.39, 0.29) is 21.7 Å². The van der Waals surface area contributed by atoms with Crippen LogP contribution in [-0.2, 0) is 21.7 Å². The van der Waals surface area contributed by atoms with Gasteiger partial charge >= 0.3 is 0 Å². The fourth-order valence-corrected chi connectivity index (χ4v) is 7.28. The monoisotopic (exact) mass is 645 g/mol. The summed E-state index contributed by atoms with van der Waals surface area (Å²) in [5.74, 6) is 0. The van der Waals surface area contributed by atoms with Crippen molar-refractivity contribution < 1.29 is 0 Å². The van der Waals surface area contributed by atoms with Crippen molar-refractivity contribution in [3.05, 3.63) is 115 Å². The van der Waals surface area contributed by atoms with Crippen molar-refractivity contribution in [1.82, 2.24) is 0 Å². The summed E-state index contributed by atoms with van der Waals surface area (Å²) in [6.45, 7) is 45.8. The fraction of sp³-hybridized carbons (Fsp3) is 0.500. The van der Waals surface area contributed by atoms with Crippen molar-refractivity contribution >= 4 is 0 Å². The number of rotatable bonds is 2. The molecule has 0 N–H and O–H groups in total. The van der Waals surface area contributed by atoms with E-state index in [0.717, 1.165) is 0 Å². The summed E-state index contributed by atoms with van der Waals surface area (Å²) < 4.78 is 0. The van der Waals surface area contributed by atoms with Crippen LogP contribution in [0.5, 0.6) is 0 Å². The van der Waals surface area contributed by atoms with Crippen LogP contribution in [0.3, 0.4) is 0 Å². The first-order valence-electron chi connectivity index (χ1n) is 18.1. The SMILES string of the molecule is Cc1c(C(C)(C)C)cc(-c2cc(C(C)(C)C)c(C)c(C(C)(C)C)c2)cc1C(C)(C)C.Cc1cc(-c2cc(C)c(C)c(C)c2)cc(C)c1C. The maximum Gasteiger partial charge on any atom is -0.0129 e. The van der Waals surface area contributed by atoms with E-state index in [4.69, 9.17) is 0 Å². The molecule has 0 saturated heterocycles. The molecule has 0 spiro atoms. The van der Waals surface area contributed by atoms with Crippen LogP contribution in [-0.4, -0.2) is 0 Å². The first-order chi connectivity index (χ1) is 21.6. The average Bonchev–Trinajstić information content (AvgIpc) is 2.92. The Morgan fingerprint density at radius 2 is 0.417 bits per heavy atom. The molecule has 0 aliphatic heterocycles. The number of hydrogen-bond acceptors (Lipinski definition) is 0. The first kappa shape index (κ1) is 39.3. The van der Waals surface area contributed by atoms with Crippen molar-refractivity contribution in [1.29, 1.82) is 0 Å². The van der Waals surface area contributed by atoms with Crippen LogP contribution >= 0.6 is 0 Å². The highest BCUT2D eigenvalue weighted by Gasteiger charge is 2.28. The minimum Gasteiger partial charge on any atom is -0.0561 e. The molecule has 0 amide bonds. The zero-order valence-corrected chi connectivity index (χ0v) is 34.6. The molecule has 0 radical (unpaired) electrons. The average molecular weight is 645 g/mol. The Labute approximate surface area is 296 Å². The van der Waals surface area contributed by atoms with Crippen LogP contribution in [0.15, 0.2) is 48.5 Å². The van der Waals surface area contributed by atoms with E-state index < -0.39 is 0 Å². The van der Waals surface area contributed by atoms with E-state index in [0.29, 0.717) is 0 Å². The van der Waals surface area contributed by atoms with Crippen molar-refractivity contribution in [2.24, 2.45) is 0 Å². The summed E-state index contributed by atoms with van der Waals surface area (Å²) >= 11 is 0. The predicted octanol–water partition coefficient (Wildman–Crippen LogP) is 14.4. The van der Waals surface area contributed by atoms with Gasteiger partial charge in [0.15, 0.2) is 0 Å². The molecule has 4 aromatic rings. The molecule has 0 bridgehead atoms.